The molecule has 1 radical (unpaired) electrons. The topological polar surface area (TPSA) is 70.3 Å². The lowest BCUT2D eigenvalue weighted by atomic mass is 9.90. The first kappa shape index (κ1) is 26.7. The third-order valence-electron chi connectivity index (χ3n) is 7.61. The van der Waals surface area contributed by atoms with Crippen LogP contribution in [0.5, 0.6) is 0 Å². The molecule has 7 heteroatoms. The fourth-order valence-corrected chi connectivity index (χ4v) is 4.52. The number of benzene rings is 3. The molecule has 0 N–H and O–H groups in total. The molecule has 0 saturated carbocycles. The van der Waals surface area contributed by atoms with Crippen LogP contribution in [0.3, 0.4) is 0 Å². The van der Waals surface area contributed by atoms with Crippen molar-refractivity contribution in [2.75, 3.05) is 0 Å². The van der Waals surface area contributed by atoms with Crippen molar-refractivity contribution in [3.8, 4) is 46.0 Å². The molecule has 2 aliphatic rings. The molecule has 7 rings (SSSR count). The van der Waals surface area contributed by atoms with Gasteiger partial charge in [-0.15, -0.1) is 0 Å². The first-order valence-electron chi connectivity index (χ1n) is 13.6. The van der Waals surface area contributed by atoms with Crippen LogP contribution in [-0.4, -0.2) is 33.8 Å². The number of hydrogen-bond donors (Lipinski definition) is 0. The molecule has 201 valence electrons. The molecule has 6 nitrogen and oxygen atoms in total. The Labute approximate surface area is 240 Å². The molecule has 5 aromatic rings. The Bertz CT molecular complexity index is 1730. The second-order valence-corrected chi connectivity index (χ2v) is 10.8. The summed E-state index contributed by atoms with van der Waals surface area (Å²) in [5, 5.41) is 1.01. The first-order chi connectivity index (χ1) is 19.8. The molecule has 0 amide bonds. The second kappa shape index (κ2) is 10.8. The van der Waals surface area contributed by atoms with E-state index in [1.165, 1.54) is 7.69 Å². The maximum atomic E-state index is 6.12. The van der Waals surface area contributed by atoms with E-state index in [2.05, 4.69) is 11.8 Å². The molecule has 41 heavy (non-hydrogen) atoms. The van der Waals surface area contributed by atoms with Crippen LogP contribution in [0.1, 0.15) is 39.0 Å². The average Bonchev–Trinajstić information content (AvgIpc) is 3.35. The summed E-state index contributed by atoms with van der Waals surface area (Å²) in [5.74, 6) is 8.94. The predicted molar refractivity (Wildman–Crippen MR) is 163 cm³/mol. The minimum absolute atomic E-state index is 0.187. The minimum atomic E-state index is -0.188. The quantitative estimate of drug-likeness (QED) is 0.177. The van der Waals surface area contributed by atoms with Gasteiger partial charge in [-0.25, -0.2) is 15.0 Å². The van der Waals surface area contributed by atoms with E-state index in [9.17, 15) is 0 Å². The van der Waals surface area contributed by atoms with E-state index in [1.807, 2.05) is 119 Å². The van der Waals surface area contributed by atoms with Crippen molar-refractivity contribution in [1.29, 1.82) is 0 Å². The first-order valence-corrected chi connectivity index (χ1v) is 13.6. The molecule has 0 unspecified atom stereocenters. The number of furan rings is 1. The fourth-order valence-electron chi connectivity index (χ4n) is 4.52. The number of allylic oxidation sites excluding steroid dienone is 1. The summed E-state index contributed by atoms with van der Waals surface area (Å²) >= 11 is 0. The Morgan fingerprint density at radius 2 is 1.29 bits per heavy atom. The molecule has 1 aliphatic heterocycles. The highest BCUT2D eigenvalue weighted by atomic mass is 16.7. The summed E-state index contributed by atoms with van der Waals surface area (Å²) in [6, 6.07) is 26.0. The highest BCUT2D eigenvalue weighted by molar-refractivity contribution is 6.19. The molecule has 1 fully saturated rings. The lowest BCUT2D eigenvalue weighted by Gasteiger charge is -2.32. The van der Waals surface area contributed by atoms with Crippen LogP contribution in [0.4, 0.5) is 0 Å². The van der Waals surface area contributed by atoms with Crippen LogP contribution in [0.25, 0.3) is 51.2 Å². The van der Waals surface area contributed by atoms with Crippen molar-refractivity contribution < 1.29 is 13.7 Å². The lowest BCUT2D eigenvalue weighted by molar-refractivity contribution is 0.00578. The lowest BCUT2D eigenvalue weighted by Crippen LogP contribution is -2.41. The normalized spacial score (nSPS) is 16.0. The molecule has 1 saturated heterocycles. The highest BCUT2D eigenvalue weighted by Gasteiger charge is 2.44. The monoisotopic (exact) mass is 538 g/mol. The van der Waals surface area contributed by atoms with Crippen LogP contribution < -0.4 is 0 Å². The summed E-state index contributed by atoms with van der Waals surface area (Å²) < 4.78 is 16.5. The van der Waals surface area contributed by atoms with Crippen molar-refractivity contribution in [3.05, 3.63) is 96.3 Å². The number of rotatable bonds is 3. The summed E-state index contributed by atoms with van der Waals surface area (Å²) in [4.78, 5) is 14.6. The molecule has 2 aromatic heterocycles. The molecule has 3 heterocycles. The largest absolute Gasteiger partial charge is 0.488 e. The third-order valence-corrected chi connectivity index (χ3v) is 7.61. The van der Waals surface area contributed by atoms with E-state index in [4.69, 9.17) is 28.7 Å². The van der Waals surface area contributed by atoms with Gasteiger partial charge in [0.2, 0.25) is 0 Å². The number of aromatic nitrogens is 3. The number of nitrogens with zero attached hydrogens (tertiary/aromatic N) is 3. The van der Waals surface area contributed by atoms with Gasteiger partial charge in [-0.2, -0.15) is 0 Å². The van der Waals surface area contributed by atoms with Gasteiger partial charge in [0.05, 0.1) is 11.2 Å². The van der Waals surface area contributed by atoms with Crippen molar-refractivity contribution in [1.82, 2.24) is 15.0 Å². The van der Waals surface area contributed by atoms with E-state index >= 15 is 0 Å². The standard InChI is InChI=1S/C28H17N3O.C6H12BO2/c1-4-11-19(12-5-1)26-29-27(20-13-6-2-7-14-20)31-28(30-26)22-16-10-18-24-25(22)21-15-8-3-9-17-23(21)32-24;1-5(2)6(3,4)9-7-8-5/h1-2,4-7,9-14,16-18H,15H2;1-4H3. The van der Waals surface area contributed by atoms with Crippen molar-refractivity contribution in [2.24, 2.45) is 0 Å². The van der Waals surface area contributed by atoms with Crippen molar-refractivity contribution >= 4 is 24.7 Å². The number of hydrogen-bond acceptors (Lipinski definition) is 6. The van der Waals surface area contributed by atoms with E-state index in [0.717, 1.165) is 39.0 Å². The van der Waals surface area contributed by atoms with Gasteiger partial charge in [0.1, 0.15) is 11.3 Å². The Kier molecular flexibility index (Phi) is 7.04. The molecular weight excluding hydrogens is 509 g/mol. The van der Waals surface area contributed by atoms with Crippen LogP contribution in [0.2, 0.25) is 0 Å². The predicted octanol–water partition coefficient (Wildman–Crippen LogP) is 7.32. The van der Waals surface area contributed by atoms with Crippen LogP contribution in [-0.2, 0) is 15.7 Å². The van der Waals surface area contributed by atoms with Gasteiger partial charge >= 0.3 is 7.69 Å². The van der Waals surface area contributed by atoms with Gasteiger partial charge in [-0.05, 0) is 45.9 Å². The molecule has 3 aromatic carbocycles. The Morgan fingerprint density at radius 1 is 0.707 bits per heavy atom. The summed E-state index contributed by atoms with van der Waals surface area (Å²) in [6.45, 7) is 8.04. The van der Waals surface area contributed by atoms with Crippen LogP contribution >= 0.6 is 0 Å². The van der Waals surface area contributed by atoms with Gasteiger partial charge in [0.15, 0.2) is 17.5 Å². The number of fused-ring (bicyclic) bond motifs is 3. The molecule has 1 aliphatic carbocycles. The molecule has 0 spiro atoms. The SMILES string of the molecule is C1#CCc2c(oc3cccc(-c4nc(-c5ccccc5)nc(-c5ccccc5)n4)c23)C=C1.CC1(C)O[B]OC1(C)C. The van der Waals surface area contributed by atoms with E-state index in [-0.39, 0.29) is 11.2 Å². The van der Waals surface area contributed by atoms with Gasteiger partial charge < -0.3 is 13.7 Å². The van der Waals surface area contributed by atoms with Crippen molar-refractivity contribution in [2.45, 2.75) is 45.3 Å². The highest BCUT2D eigenvalue weighted by Crippen LogP contribution is 2.36. The van der Waals surface area contributed by atoms with Crippen LogP contribution in [0, 0.1) is 11.8 Å². The second-order valence-electron chi connectivity index (χ2n) is 10.8. The summed E-state index contributed by atoms with van der Waals surface area (Å²) in [5.41, 5.74) is 4.31. The van der Waals surface area contributed by atoms with E-state index in [1.54, 1.807) is 0 Å². The Hall–Kier alpha value is -4.51. The summed E-state index contributed by atoms with van der Waals surface area (Å²) in [7, 11) is 1.42. The van der Waals surface area contributed by atoms with Gasteiger partial charge in [-0.1, -0.05) is 84.6 Å². The fraction of sp³-hybridized carbons (Fsp3) is 0.206. The molecular formula is C34H29BN3O3. The smallest absolute Gasteiger partial charge is 0.456 e. The van der Waals surface area contributed by atoms with E-state index in [0.29, 0.717) is 23.9 Å². The Balaban J connectivity index is 0.000000289. The zero-order valence-electron chi connectivity index (χ0n) is 23.5. The Morgan fingerprint density at radius 3 is 1.85 bits per heavy atom. The maximum absolute atomic E-state index is 6.12. The third kappa shape index (κ3) is 5.32. The maximum Gasteiger partial charge on any atom is 0.488 e. The molecule has 0 atom stereocenters. The van der Waals surface area contributed by atoms with Gasteiger partial charge in [0, 0.05) is 34.1 Å². The van der Waals surface area contributed by atoms with Crippen LogP contribution in [0.15, 0.2) is 89.4 Å². The zero-order valence-corrected chi connectivity index (χ0v) is 23.5. The molecule has 0 bridgehead atoms. The summed E-state index contributed by atoms with van der Waals surface area (Å²) in [6.07, 6.45) is 4.38. The van der Waals surface area contributed by atoms with Gasteiger partial charge in [0.25, 0.3) is 0 Å². The van der Waals surface area contributed by atoms with E-state index < -0.39 is 0 Å². The zero-order chi connectivity index (χ0) is 28.5. The van der Waals surface area contributed by atoms with Crippen molar-refractivity contribution in [3.63, 3.8) is 0 Å². The average molecular weight is 538 g/mol. The van der Waals surface area contributed by atoms with Gasteiger partial charge in [-0.3, -0.25) is 0 Å². The minimum Gasteiger partial charge on any atom is -0.456 e.